The molecule has 0 aromatic carbocycles. The summed E-state index contributed by atoms with van der Waals surface area (Å²) in [6, 6.07) is 1.22. The lowest BCUT2D eigenvalue weighted by molar-refractivity contribution is 0.0316. The van der Waals surface area contributed by atoms with Gasteiger partial charge in [0, 0.05) is 18.9 Å². The molecule has 2 atom stereocenters. The van der Waals surface area contributed by atoms with Gasteiger partial charge in [0.25, 0.3) is 0 Å². The Balaban J connectivity index is 3.02. The zero-order valence-corrected chi connectivity index (χ0v) is 9.77. The Bertz CT molecular complexity index is 333. The van der Waals surface area contributed by atoms with Crippen LogP contribution in [0.15, 0.2) is 18.5 Å². The van der Waals surface area contributed by atoms with Crippen molar-refractivity contribution >= 4 is 0 Å². The molecule has 0 amide bonds. The average molecular weight is 227 g/mol. The van der Waals surface area contributed by atoms with Gasteiger partial charge in [-0.25, -0.2) is 4.39 Å². The average Bonchev–Trinajstić information content (AvgIpc) is 2.26. The van der Waals surface area contributed by atoms with Crippen LogP contribution in [0.1, 0.15) is 25.5 Å². The fourth-order valence-corrected chi connectivity index (χ4v) is 1.79. The number of hydrazine groups is 1. The molecule has 1 aromatic rings. The monoisotopic (exact) mass is 227 g/mol. The van der Waals surface area contributed by atoms with E-state index in [2.05, 4.69) is 10.4 Å². The van der Waals surface area contributed by atoms with Crippen LogP contribution in [0.2, 0.25) is 0 Å². The first kappa shape index (κ1) is 13.0. The van der Waals surface area contributed by atoms with E-state index in [4.69, 9.17) is 10.6 Å². The summed E-state index contributed by atoms with van der Waals surface area (Å²) in [6.45, 7) is 4.00. The van der Waals surface area contributed by atoms with Crippen molar-refractivity contribution < 1.29 is 9.13 Å². The lowest BCUT2D eigenvalue weighted by Crippen LogP contribution is -2.40. The number of hydrogen-bond acceptors (Lipinski definition) is 4. The molecule has 0 fully saturated rings. The summed E-state index contributed by atoms with van der Waals surface area (Å²) < 4.78 is 18.9. The zero-order valence-electron chi connectivity index (χ0n) is 9.77. The van der Waals surface area contributed by atoms with E-state index in [0.717, 1.165) is 0 Å². The lowest BCUT2D eigenvalue weighted by atomic mass is 9.94. The second-order valence-electron chi connectivity index (χ2n) is 3.99. The van der Waals surface area contributed by atoms with Gasteiger partial charge in [0.2, 0.25) is 0 Å². The van der Waals surface area contributed by atoms with Crippen molar-refractivity contribution in [1.82, 2.24) is 10.4 Å². The van der Waals surface area contributed by atoms with Gasteiger partial charge in [0.1, 0.15) is 5.82 Å². The number of methoxy groups -OCH3 is 1. The Hall–Kier alpha value is -1.04. The Kier molecular flexibility index (Phi) is 4.79. The standard InChI is InChI=1S/C11H18FN3O/c1-7(2)11(16-3)10(15-13)8-4-5-14-6-9(8)12/h4-7,10-11,15H,13H2,1-3H3. The van der Waals surface area contributed by atoms with E-state index in [9.17, 15) is 4.39 Å². The fraction of sp³-hybridized carbons (Fsp3) is 0.545. The number of nitrogens with two attached hydrogens (primary N) is 1. The summed E-state index contributed by atoms with van der Waals surface area (Å²) in [6.07, 6.45) is 2.52. The first-order valence-electron chi connectivity index (χ1n) is 5.20. The maximum Gasteiger partial charge on any atom is 0.146 e. The first-order chi connectivity index (χ1) is 7.61. The van der Waals surface area contributed by atoms with Gasteiger partial charge in [0.05, 0.1) is 18.3 Å². The largest absolute Gasteiger partial charge is 0.379 e. The van der Waals surface area contributed by atoms with Crippen molar-refractivity contribution in [3.63, 3.8) is 0 Å². The molecule has 1 rings (SSSR count). The summed E-state index contributed by atoms with van der Waals surface area (Å²) in [5, 5.41) is 0. The highest BCUT2D eigenvalue weighted by atomic mass is 19.1. The molecule has 0 radical (unpaired) electrons. The van der Waals surface area contributed by atoms with E-state index in [1.54, 1.807) is 13.2 Å². The number of pyridine rings is 1. The van der Waals surface area contributed by atoms with Gasteiger partial charge in [-0.2, -0.15) is 0 Å². The topological polar surface area (TPSA) is 60.2 Å². The molecule has 0 aliphatic heterocycles. The quantitative estimate of drug-likeness (QED) is 0.589. The van der Waals surface area contributed by atoms with Gasteiger partial charge in [0.15, 0.2) is 0 Å². The number of ether oxygens (including phenoxy) is 1. The third-order valence-corrected chi connectivity index (χ3v) is 2.58. The van der Waals surface area contributed by atoms with Crippen molar-refractivity contribution in [2.24, 2.45) is 11.8 Å². The molecular weight excluding hydrogens is 209 g/mol. The van der Waals surface area contributed by atoms with Crippen molar-refractivity contribution in [2.45, 2.75) is 26.0 Å². The van der Waals surface area contributed by atoms with Crippen molar-refractivity contribution in [3.05, 3.63) is 29.8 Å². The maximum absolute atomic E-state index is 13.6. The molecular formula is C11H18FN3O. The van der Waals surface area contributed by atoms with E-state index in [-0.39, 0.29) is 23.9 Å². The Morgan fingerprint density at radius 2 is 2.19 bits per heavy atom. The molecule has 1 aromatic heterocycles. The number of aromatic nitrogens is 1. The van der Waals surface area contributed by atoms with Crippen molar-refractivity contribution in [3.8, 4) is 0 Å². The molecule has 1 heterocycles. The highest BCUT2D eigenvalue weighted by Gasteiger charge is 2.27. The summed E-state index contributed by atoms with van der Waals surface area (Å²) in [7, 11) is 1.59. The summed E-state index contributed by atoms with van der Waals surface area (Å²) in [5.74, 6) is 5.31. The van der Waals surface area contributed by atoms with E-state index in [0.29, 0.717) is 5.56 Å². The molecule has 0 saturated heterocycles. The Morgan fingerprint density at radius 1 is 1.50 bits per heavy atom. The van der Waals surface area contributed by atoms with Crippen LogP contribution in [0.4, 0.5) is 4.39 Å². The van der Waals surface area contributed by atoms with E-state index in [1.807, 2.05) is 13.8 Å². The van der Waals surface area contributed by atoms with Crippen LogP contribution < -0.4 is 11.3 Å². The van der Waals surface area contributed by atoms with Gasteiger partial charge >= 0.3 is 0 Å². The molecule has 2 unspecified atom stereocenters. The highest BCUT2D eigenvalue weighted by molar-refractivity contribution is 5.18. The third kappa shape index (κ3) is 2.75. The molecule has 0 saturated carbocycles. The van der Waals surface area contributed by atoms with E-state index in [1.165, 1.54) is 12.4 Å². The highest BCUT2D eigenvalue weighted by Crippen LogP contribution is 2.25. The van der Waals surface area contributed by atoms with Crippen LogP contribution in [-0.4, -0.2) is 18.2 Å². The Morgan fingerprint density at radius 3 is 2.62 bits per heavy atom. The SMILES string of the molecule is COC(C(C)C)C(NN)c1ccncc1F. The van der Waals surface area contributed by atoms with Crippen LogP contribution >= 0.6 is 0 Å². The van der Waals surface area contributed by atoms with Crippen LogP contribution in [-0.2, 0) is 4.74 Å². The normalized spacial score (nSPS) is 15.1. The van der Waals surface area contributed by atoms with Crippen molar-refractivity contribution in [2.75, 3.05) is 7.11 Å². The predicted octanol–water partition coefficient (Wildman–Crippen LogP) is 1.40. The van der Waals surface area contributed by atoms with E-state index >= 15 is 0 Å². The van der Waals surface area contributed by atoms with Crippen LogP contribution in [0.3, 0.4) is 0 Å². The fourth-order valence-electron chi connectivity index (χ4n) is 1.79. The summed E-state index contributed by atoms with van der Waals surface area (Å²) >= 11 is 0. The van der Waals surface area contributed by atoms with Gasteiger partial charge < -0.3 is 4.74 Å². The zero-order chi connectivity index (χ0) is 12.1. The first-order valence-corrected chi connectivity index (χ1v) is 5.20. The van der Waals surface area contributed by atoms with Gasteiger partial charge in [-0.05, 0) is 12.0 Å². The number of nitrogens with one attached hydrogen (secondary N) is 1. The van der Waals surface area contributed by atoms with Crippen molar-refractivity contribution in [1.29, 1.82) is 0 Å². The molecule has 5 heteroatoms. The van der Waals surface area contributed by atoms with Gasteiger partial charge in [-0.1, -0.05) is 13.8 Å². The van der Waals surface area contributed by atoms with E-state index < -0.39 is 0 Å². The molecule has 0 spiro atoms. The Labute approximate surface area is 95.0 Å². The van der Waals surface area contributed by atoms with Crippen LogP contribution in [0.5, 0.6) is 0 Å². The molecule has 0 bridgehead atoms. The van der Waals surface area contributed by atoms with Crippen LogP contribution in [0, 0.1) is 11.7 Å². The second-order valence-corrected chi connectivity index (χ2v) is 3.99. The van der Waals surface area contributed by atoms with Gasteiger partial charge in [-0.3, -0.25) is 16.3 Å². The smallest absolute Gasteiger partial charge is 0.146 e. The molecule has 16 heavy (non-hydrogen) atoms. The summed E-state index contributed by atoms with van der Waals surface area (Å²) in [5.41, 5.74) is 3.07. The second kappa shape index (κ2) is 5.89. The van der Waals surface area contributed by atoms with Crippen LogP contribution in [0.25, 0.3) is 0 Å². The number of halogens is 1. The molecule has 0 aliphatic carbocycles. The minimum absolute atomic E-state index is 0.193. The molecule has 3 N–H and O–H groups in total. The van der Waals surface area contributed by atoms with Gasteiger partial charge in [-0.15, -0.1) is 0 Å². The number of rotatable bonds is 5. The number of nitrogens with zero attached hydrogens (tertiary/aromatic N) is 1. The minimum Gasteiger partial charge on any atom is -0.379 e. The third-order valence-electron chi connectivity index (χ3n) is 2.58. The molecule has 0 aliphatic rings. The predicted molar refractivity (Wildman–Crippen MR) is 59.9 cm³/mol. The number of hydrogen-bond donors (Lipinski definition) is 2. The molecule has 4 nitrogen and oxygen atoms in total. The maximum atomic E-state index is 13.6. The summed E-state index contributed by atoms with van der Waals surface area (Å²) in [4.78, 5) is 3.71. The minimum atomic E-state index is -0.381. The lowest BCUT2D eigenvalue weighted by Gasteiger charge is -2.28. The molecule has 90 valence electrons.